The normalized spacial score (nSPS) is 37.5. The van der Waals surface area contributed by atoms with Crippen LogP contribution in [0.2, 0.25) is 0 Å². The van der Waals surface area contributed by atoms with Gasteiger partial charge in [-0.2, -0.15) is 0 Å². The molecule has 13 heavy (non-hydrogen) atoms. The molecule has 0 amide bonds. The smallest absolute Gasteiger partial charge is 0.0779 e. The molecule has 0 aliphatic heterocycles. The highest BCUT2D eigenvalue weighted by atomic mass is 16.5. The molecule has 1 heteroatoms. The van der Waals surface area contributed by atoms with E-state index in [2.05, 4.69) is 27.4 Å². The molecule has 1 aliphatic carbocycles. The van der Waals surface area contributed by atoms with Gasteiger partial charge in [0.05, 0.1) is 5.60 Å². The zero-order valence-electron chi connectivity index (χ0n) is 9.44. The Balaban J connectivity index is 2.62. The largest absolute Gasteiger partial charge is 0.377 e. The maximum Gasteiger partial charge on any atom is 0.0779 e. The maximum absolute atomic E-state index is 5.67. The van der Waals surface area contributed by atoms with E-state index >= 15 is 0 Å². The minimum Gasteiger partial charge on any atom is -0.377 e. The Morgan fingerprint density at radius 3 is 2.46 bits per heavy atom. The van der Waals surface area contributed by atoms with Crippen molar-refractivity contribution < 1.29 is 4.74 Å². The third-order valence-electron chi connectivity index (χ3n) is 3.79. The van der Waals surface area contributed by atoms with Gasteiger partial charge in [-0.25, -0.2) is 0 Å². The first-order valence-corrected chi connectivity index (χ1v) is 5.23. The van der Waals surface area contributed by atoms with Crippen molar-refractivity contribution in [1.29, 1.82) is 0 Å². The first kappa shape index (κ1) is 10.8. The van der Waals surface area contributed by atoms with Gasteiger partial charge < -0.3 is 4.74 Å². The van der Waals surface area contributed by atoms with Gasteiger partial charge in [-0.1, -0.05) is 38.8 Å². The number of unbranched alkanes of at least 4 members (excludes halogenated alkanes) is 1. The van der Waals surface area contributed by atoms with E-state index in [0.717, 1.165) is 6.42 Å². The minimum absolute atomic E-state index is 0.120. The first-order chi connectivity index (χ1) is 6.02. The van der Waals surface area contributed by atoms with Crippen LogP contribution in [0.25, 0.3) is 0 Å². The molecule has 1 rings (SSSR count). The lowest BCUT2D eigenvalue weighted by Crippen LogP contribution is -2.21. The van der Waals surface area contributed by atoms with E-state index in [1.165, 1.54) is 24.8 Å². The average molecular weight is 182 g/mol. The highest BCUT2D eigenvalue weighted by Crippen LogP contribution is 2.64. The van der Waals surface area contributed by atoms with Gasteiger partial charge in [0.2, 0.25) is 0 Å². The van der Waals surface area contributed by atoms with Gasteiger partial charge in [0, 0.05) is 12.5 Å². The number of hydrogen-bond donors (Lipinski definition) is 0. The number of rotatable bonds is 5. The summed E-state index contributed by atoms with van der Waals surface area (Å²) in [7, 11) is 1.84. The highest BCUT2D eigenvalue weighted by molar-refractivity contribution is 5.28. The summed E-state index contributed by atoms with van der Waals surface area (Å²) in [5.41, 5.74) is 1.64. The second kappa shape index (κ2) is 3.45. The van der Waals surface area contributed by atoms with E-state index in [1.54, 1.807) is 0 Å². The molecule has 0 unspecified atom stereocenters. The lowest BCUT2D eigenvalue weighted by molar-refractivity contribution is 0.0435. The molecule has 1 aliphatic rings. The Morgan fingerprint density at radius 1 is 1.54 bits per heavy atom. The Kier molecular flexibility index (Phi) is 2.86. The van der Waals surface area contributed by atoms with Gasteiger partial charge in [-0.3, -0.25) is 0 Å². The molecular weight excluding hydrogens is 160 g/mol. The second-order valence-corrected chi connectivity index (χ2v) is 4.59. The number of methoxy groups -OCH3 is 1. The van der Waals surface area contributed by atoms with Crippen LogP contribution in [0.3, 0.4) is 0 Å². The molecule has 0 aromatic rings. The van der Waals surface area contributed by atoms with Crippen LogP contribution in [0.15, 0.2) is 12.2 Å². The van der Waals surface area contributed by atoms with Gasteiger partial charge in [-0.05, 0) is 19.8 Å². The highest BCUT2D eigenvalue weighted by Gasteiger charge is 2.64. The van der Waals surface area contributed by atoms with Crippen molar-refractivity contribution in [2.24, 2.45) is 5.41 Å². The van der Waals surface area contributed by atoms with E-state index in [-0.39, 0.29) is 11.0 Å². The van der Waals surface area contributed by atoms with Gasteiger partial charge in [0.1, 0.15) is 0 Å². The van der Waals surface area contributed by atoms with E-state index < -0.39 is 0 Å². The van der Waals surface area contributed by atoms with Crippen molar-refractivity contribution in [3.05, 3.63) is 12.2 Å². The van der Waals surface area contributed by atoms with Crippen LogP contribution in [-0.2, 0) is 4.74 Å². The summed E-state index contributed by atoms with van der Waals surface area (Å²) < 4.78 is 5.67. The molecule has 1 nitrogen and oxygen atoms in total. The Labute approximate surface area is 82.2 Å². The molecule has 0 bridgehead atoms. The molecule has 2 atom stereocenters. The number of ether oxygens (including phenoxy) is 1. The van der Waals surface area contributed by atoms with Crippen LogP contribution < -0.4 is 0 Å². The summed E-state index contributed by atoms with van der Waals surface area (Å²) in [6, 6.07) is 0. The van der Waals surface area contributed by atoms with Gasteiger partial charge >= 0.3 is 0 Å². The van der Waals surface area contributed by atoms with Gasteiger partial charge in [-0.15, -0.1) is 0 Å². The average Bonchev–Trinajstić information content (AvgIpc) is 2.71. The molecule has 0 heterocycles. The summed E-state index contributed by atoms with van der Waals surface area (Å²) in [5.74, 6) is 0. The van der Waals surface area contributed by atoms with Crippen molar-refractivity contribution in [2.75, 3.05) is 7.11 Å². The van der Waals surface area contributed by atoms with E-state index in [9.17, 15) is 0 Å². The molecule has 76 valence electrons. The number of hydrogen-bond acceptors (Lipinski definition) is 1. The lowest BCUT2D eigenvalue weighted by atomic mass is 9.93. The van der Waals surface area contributed by atoms with Crippen molar-refractivity contribution in [2.45, 2.75) is 52.1 Å². The van der Waals surface area contributed by atoms with Crippen LogP contribution in [0.1, 0.15) is 46.5 Å². The second-order valence-electron chi connectivity index (χ2n) is 4.59. The van der Waals surface area contributed by atoms with Crippen LogP contribution in [0.5, 0.6) is 0 Å². The van der Waals surface area contributed by atoms with Gasteiger partial charge in [0.15, 0.2) is 0 Å². The summed E-state index contributed by atoms with van der Waals surface area (Å²) >= 11 is 0. The summed E-state index contributed by atoms with van der Waals surface area (Å²) in [6.45, 7) is 10.7. The first-order valence-electron chi connectivity index (χ1n) is 5.23. The molecule has 0 spiro atoms. The Morgan fingerprint density at radius 2 is 2.15 bits per heavy atom. The van der Waals surface area contributed by atoms with E-state index in [1.807, 2.05) is 7.11 Å². The fourth-order valence-corrected chi connectivity index (χ4v) is 2.29. The summed E-state index contributed by atoms with van der Waals surface area (Å²) in [6.07, 6.45) is 4.85. The van der Waals surface area contributed by atoms with Crippen molar-refractivity contribution in [1.82, 2.24) is 0 Å². The SMILES string of the molecule is C=C(C)[C@@]1(C)C[C@@]1(CCCC)OC. The third-order valence-corrected chi connectivity index (χ3v) is 3.79. The zero-order valence-corrected chi connectivity index (χ0v) is 9.44. The molecular formula is C12H22O. The van der Waals surface area contributed by atoms with Crippen LogP contribution in [0.4, 0.5) is 0 Å². The predicted molar refractivity (Wildman–Crippen MR) is 56.8 cm³/mol. The maximum atomic E-state index is 5.67. The molecule has 0 saturated heterocycles. The van der Waals surface area contributed by atoms with Crippen LogP contribution >= 0.6 is 0 Å². The third kappa shape index (κ3) is 1.54. The summed E-state index contributed by atoms with van der Waals surface area (Å²) in [4.78, 5) is 0. The molecule has 0 aromatic heterocycles. The van der Waals surface area contributed by atoms with Crippen molar-refractivity contribution >= 4 is 0 Å². The topological polar surface area (TPSA) is 9.23 Å². The monoisotopic (exact) mass is 182 g/mol. The van der Waals surface area contributed by atoms with Crippen molar-refractivity contribution in [3.8, 4) is 0 Å². The zero-order chi connectivity index (χ0) is 10.1. The van der Waals surface area contributed by atoms with Crippen LogP contribution in [0, 0.1) is 5.41 Å². The molecule has 1 fully saturated rings. The molecule has 0 aromatic carbocycles. The van der Waals surface area contributed by atoms with Crippen molar-refractivity contribution in [3.63, 3.8) is 0 Å². The standard InChI is InChI=1S/C12H22O/c1-6-7-8-12(13-5)9-11(12,4)10(2)3/h2,6-9H2,1,3-5H3/t11-,12-/m1/s1. The van der Waals surface area contributed by atoms with E-state index in [4.69, 9.17) is 4.74 Å². The lowest BCUT2D eigenvalue weighted by Gasteiger charge is -2.21. The fourth-order valence-electron chi connectivity index (χ4n) is 2.29. The molecule has 0 radical (unpaired) electrons. The summed E-state index contributed by atoms with van der Waals surface area (Å²) in [5, 5.41) is 0. The Bertz CT molecular complexity index is 209. The Hall–Kier alpha value is -0.300. The van der Waals surface area contributed by atoms with Crippen LogP contribution in [-0.4, -0.2) is 12.7 Å². The van der Waals surface area contributed by atoms with E-state index in [0.29, 0.717) is 0 Å². The molecule has 1 saturated carbocycles. The fraction of sp³-hybridized carbons (Fsp3) is 0.833. The molecule has 0 N–H and O–H groups in total. The van der Waals surface area contributed by atoms with Gasteiger partial charge in [0.25, 0.3) is 0 Å². The quantitative estimate of drug-likeness (QED) is 0.591. The minimum atomic E-state index is 0.120. The predicted octanol–water partition coefficient (Wildman–Crippen LogP) is 3.55.